The van der Waals surface area contributed by atoms with Crippen LogP contribution in [0.2, 0.25) is 0 Å². The average Bonchev–Trinajstić information content (AvgIpc) is 2.95. The minimum Gasteiger partial charge on any atom is -0.329 e. The number of aryl methyl sites for hydroxylation is 1. The van der Waals surface area contributed by atoms with E-state index in [0.717, 1.165) is 6.54 Å². The highest BCUT2D eigenvalue weighted by Crippen LogP contribution is 2.29. The topological polar surface area (TPSA) is 29.3 Å². The van der Waals surface area contributed by atoms with Crippen molar-refractivity contribution in [2.24, 2.45) is 5.73 Å². The number of thiophene rings is 1. The van der Waals surface area contributed by atoms with Gasteiger partial charge < -0.3 is 5.73 Å². The molecule has 0 amide bonds. The van der Waals surface area contributed by atoms with Crippen molar-refractivity contribution in [1.29, 1.82) is 0 Å². The lowest BCUT2D eigenvalue weighted by Gasteiger charge is -2.35. The van der Waals surface area contributed by atoms with Crippen molar-refractivity contribution < 1.29 is 0 Å². The SMILES string of the molecule is Cc1cccc(C(CN)N(Cc2cccs2)C(C)C)c1C. The highest BCUT2D eigenvalue weighted by Gasteiger charge is 2.23. The van der Waals surface area contributed by atoms with Crippen LogP contribution in [-0.4, -0.2) is 17.5 Å². The standard InChI is InChI=1S/C18H26N2S/c1-13(2)20(12-16-8-6-10-21-16)18(11-19)17-9-5-7-14(3)15(17)4/h5-10,13,18H,11-12,19H2,1-4H3. The molecule has 0 saturated heterocycles. The van der Waals surface area contributed by atoms with Crippen molar-refractivity contribution in [3.8, 4) is 0 Å². The van der Waals surface area contributed by atoms with Gasteiger partial charge in [0, 0.05) is 30.1 Å². The Kier molecular flexibility index (Phi) is 5.57. The second-order valence-electron chi connectivity index (χ2n) is 5.89. The van der Waals surface area contributed by atoms with Gasteiger partial charge in [0.25, 0.3) is 0 Å². The Labute approximate surface area is 132 Å². The second kappa shape index (κ2) is 7.21. The van der Waals surface area contributed by atoms with Gasteiger partial charge in [-0.3, -0.25) is 4.90 Å². The van der Waals surface area contributed by atoms with Crippen LogP contribution < -0.4 is 5.73 Å². The van der Waals surface area contributed by atoms with E-state index >= 15 is 0 Å². The zero-order valence-corrected chi connectivity index (χ0v) is 14.3. The van der Waals surface area contributed by atoms with Gasteiger partial charge in [-0.15, -0.1) is 11.3 Å². The number of benzene rings is 1. The Morgan fingerprint density at radius 3 is 2.48 bits per heavy atom. The Morgan fingerprint density at radius 1 is 1.14 bits per heavy atom. The van der Waals surface area contributed by atoms with E-state index in [0.29, 0.717) is 12.6 Å². The van der Waals surface area contributed by atoms with Gasteiger partial charge in [-0.2, -0.15) is 0 Å². The van der Waals surface area contributed by atoms with Crippen molar-refractivity contribution in [2.75, 3.05) is 6.54 Å². The summed E-state index contributed by atoms with van der Waals surface area (Å²) in [5.41, 5.74) is 10.2. The number of hydrogen-bond acceptors (Lipinski definition) is 3. The summed E-state index contributed by atoms with van der Waals surface area (Å²) in [5.74, 6) is 0. The van der Waals surface area contributed by atoms with E-state index in [2.05, 4.69) is 68.3 Å². The summed E-state index contributed by atoms with van der Waals surface area (Å²) in [4.78, 5) is 3.90. The summed E-state index contributed by atoms with van der Waals surface area (Å²) >= 11 is 1.82. The first-order valence-electron chi connectivity index (χ1n) is 7.59. The summed E-state index contributed by atoms with van der Waals surface area (Å²) in [6.45, 7) is 10.5. The number of nitrogens with two attached hydrogens (primary N) is 1. The highest BCUT2D eigenvalue weighted by molar-refractivity contribution is 7.09. The molecule has 1 aromatic heterocycles. The van der Waals surface area contributed by atoms with Crippen LogP contribution in [0.4, 0.5) is 0 Å². The van der Waals surface area contributed by atoms with Crippen LogP contribution in [0.1, 0.15) is 41.5 Å². The molecule has 0 aliphatic heterocycles. The fraction of sp³-hybridized carbons (Fsp3) is 0.444. The van der Waals surface area contributed by atoms with Crippen LogP contribution in [0.3, 0.4) is 0 Å². The van der Waals surface area contributed by atoms with Crippen molar-refractivity contribution in [3.63, 3.8) is 0 Å². The molecular formula is C18H26N2S. The van der Waals surface area contributed by atoms with Gasteiger partial charge in [-0.25, -0.2) is 0 Å². The number of rotatable bonds is 6. The van der Waals surface area contributed by atoms with Crippen molar-refractivity contribution >= 4 is 11.3 Å². The Bertz CT molecular complexity index is 561. The van der Waals surface area contributed by atoms with Crippen LogP contribution in [0.25, 0.3) is 0 Å². The molecule has 3 heteroatoms. The van der Waals surface area contributed by atoms with E-state index in [9.17, 15) is 0 Å². The minimum absolute atomic E-state index is 0.270. The van der Waals surface area contributed by atoms with Gasteiger partial charge in [0.15, 0.2) is 0 Å². The summed E-state index contributed by atoms with van der Waals surface area (Å²) < 4.78 is 0. The molecule has 0 fully saturated rings. The molecule has 0 radical (unpaired) electrons. The first kappa shape index (κ1) is 16.2. The normalized spacial score (nSPS) is 13.1. The van der Waals surface area contributed by atoms with E-state index in [1.807, 2.05) is 11.3 Å². The molecule has 2 N–H and O–H groups in total. The fourth-order valence-electron chi connectivity index (χ4n) is 2.81. The molecular weight excluding hydrogens is 276 g/mol. The molecule has 0 bridgehead atoms. The van der Waals surface area contributed by atoms with Crippen LogP contribution in [0, 0.1) is 13.8 Å². The van der Waals surface area contributed by atoms with Crippen molar-refractivity contribution in [1.82, 2.24) is 4.90 Å². The van der Waals surface area contributed by atoms with Crippen LogP contribution >= 0.6 is 11.3 Å². The van der Waals surface area contributed by atoms with Gasteiger partial charge in [0.05, 0.1) is 0 Å². The molecule has 0 spiro atoms. The molecule has 1 atom stereocenters. The molecule has 0 aliphatic rings. The smallest absolute Gasteiger partial charge is 0.0479 e. The molecule has 0 aliphatic carbocycles. The van der Waals surface area contributed by atoms with E-state index < -0.39 is 0 Å². The third-order valence-corrected chi connectivity index (χ3v) is 5.07. The average molecular weight is 302 g/mol. The predicted molar refractivity (Wildman–Crippen MR) is 92.7 cm³/mol. The highest BCUT2D eigenvalue weighted by atomic mass is 32.1. The zero-order chi connectivity index (χ0) is 15.4. The lowest BCUT2D eigenvalue weighted by molar-refractivity contribution is 0.149. The van der Waals surface area contributed by atoms with Gasteiger partial charge in [-0.05, 0) is 55.8 Å². The van der Waals surface area contributed by atoms with Crippen LogP contribution in [0.5, 0.6) is 0 Å². The molecule has 0 saturated carbocycles. The van der Waals surface area contributed by atoms with Crippen molar-refractivity contribution in [3.05, 3.63) is 57.3 Å². The molecule has 1 unspecified atom stereocenters. The van der Waals surface area contributed by atoms with Gasteiger partial charge >= 0.3 is 0 Å². The zero-order valence-electron chi connectivity index (χ0n) is 13.5. The molecule has 1 aromatic carbocycles. The minimum atomic E-state index is 0.270. The molecule has 2 nitrogen and oxygen atoms in total. The van der Waals surface area contributed by atoms with Crippen LogP contribution in [-0.2, 0) is 6.54 Å². The third-order valence-electron chi connectivity index (χ3n) is 4.21. The fourth-order valence-corrected chi connectivity index (χ4v) is 3.52. The van der Waals surface area contributed by atoms with Gasteiger partial charge in [0.1, 0.15) is 0 Å². The van der Waals surface area contributed by atoms with Gasteiger partial charge in [0.2, 0.25) is 0 Å². The summed E-state index contributed by atoms with van der Waals surface area (Å²) in [5, 5.41) is 2.14. The molecule has 114 valence electrons. The maximum Gasteiger partial charge on any atom is 0.0479 e. The largest absolute Gasteiger partial charge is 0.329 e. The Morgan fingerprint density at radius 2 is 1.90 bits per heavy atom. The lowest BCUT2D eigenvalue weighted by Crippen LogP contribution is -2.38. The van der Waals surface area contributed by atoms with E-state index in [1.165, 1.54) is 21.6 Å². The summed E-state index contributed by atoms with van der Waals surface area (Å²) in [6.07, 6.45) is 0. The number of nitrogens with zero attached hydrogens (tertiary/aromatic N) is 1. The molecule has 21 heavy (non-hydrogen) atoms. The maximum atomic E-state index is 6.15. The predicted octanol–water partition coefficient (Wildman–Crippen LogP) is 4.28. The first-order chi connectivity index (χ1) is 10.0. The Hall–Kier alpha value is -1.16. The number of hydrogen-bond donors (Lipinski definition) is 1. The second-order valence-corrected chi connectivity index (χ2v) is 6.92. The van der Waals surface area contributed by atoms with E-state index in [1.54, 1.807) is 0 Å². The monoisotopic (exact) mass is 302 g/mol. The summed E-state index contributed by atoms with van der Waals surface area (Å²) in [7, 11) is 0. The molecule has 2 aromatic rings. The third kappa shape index (κ3) is 3.73. The van der Waals surface area contributed by atoms with Gasteiger partial charge in [-0.1, -0.05) is 24.3 Å². The van der Waals surface area contributed by atoms with Crippen LogP contribution in [0.15, 0.2) is 35.7 Å². The molecule has 2 rings (SSSR count). The summed E-state index contributed by atoms with van der Waals surface area (Å²) in [6, 6.07) is 11.6. The molecule has 1 heterocycles. The van der Waals surface area contributed by atoms with Crippen molar-refractivity contribution in [2.45, 2.75) is 46.3 Å². The quantitative estimate of drug-likeness (QED) is 0.863. The van der Waals surface area contributed by atoms with E-state index in [4.69, 9.17) is 5.73 Å². The van der Waals surface area contributed by atoms with E-state index in [-0.39, 0.29) is 6.04 Å². The Balaban J connectivity index is 2.33. The lowest BCUT2D eigenvalue weighted by atomic mass is 9.95. The maximum absolute atomic E-state index is 6.15. The first-order valence-corrected chi connectivity index (χ1v) is 8.46.